The van der Waals surface area contributed by atoms with Gasteiger partial charge >= 0.3 is 0 Å². The van der Waals surface area contributed by atoms with Gasteiger partial charge in [-0.2, -0.15) is 5.10 Å². The van der Waals surface area contributed by atoms with Crippen molar-refractivity contribution >= 4 is 11.3 Å². The van der Waals surface area contributed by atoms with Crippen LogP contribution in [-0.2, 0) is 24.2 Å². The van der Waals surface area contributed by atoms with Crippen molar-refractivity contribution in [2.45, 2.75) is 64.5 Å². The maximum absolute atomic E-state index is 13.3. The largest absolute Gasteiger partial charge is 0.381 e. The number of hydrogen-bond acceptors (Lipinski definition) is 7. The van der Waals surface area contributed by atoms with Crippen molar-refractivity contribution in [1.82, 2.24) is 29.1 Å². The summed E-state index contributed by atoms with van der Waals surface area (Å²) in [5, 5.41) is 4.45. The summed E-state index contributed by atoms with van der Waals surface area (Å²) < 4.78 is 9.38. The minimum absolute atomic E-state index is 0.110. The Morgan fingerprint density at radius 2 is 2.06 bits per heavy atom. The molecule has 0 N–H and O–H groups in total. The van der Waals surface area contributed by atoms with Crippen LogP contribution >= 0.6 is 0 Å². The first kappa shape index (κ1) is 18.9. The number of aryl methyl sites for hydroxylation is 1. The Hall–Kier alpha value is -2.81. The van der Waals surface area contributed by atoms with Crippen LogP contribution in [0.2, 0.25) is 0 Å². The third kappa shape index (κ3) is 2.97. The maximum Gasteiger partial charge on any atom is 0.258 e. The molecule has 0 unspecified atom stereocenters. The molecule has 1 saturated heterocycles. The summed E-state index contributed by atoms with van der Waals surface area (Å²) in [6.07, 6.45) is 5.58. The minimum Gasteiger partial charge on any atom is -0.381 e. The van der Waals surface area contributed by atoms with Gasteiger partial charge < -0.3 is 9.64 Å². The summed E-state index contributed by atoms with van der Waals surface area (Å²) in [6.45, 7) is 7.39. The van der Waals surface area contributed by atoms with E-state index in [9.17, 15) is 4.79 Å². The Labute approximate surface area is 180 Å². The van der Waals surface area contributed by atoms with Crippen molar-refractivity contribution in [3.05, 3.63) is 45.3 Å². The highest BCUT2D eigenvalue weighted by molar-refractivity contribution is 5.73. The molecule has 0 amide bonds. The van der Waals surface area contributed by atoms with Crippen molar-refractivity contribution < 1.29 is 4.74 Å². The molecule has 1 saturated carbocycles. The van der Waals surface area contributed by atoms with Crippen LogP contribution in [0.5, 0.6) is 0 Å². The van der Waals surface area contributed by atoms with Gasteiger partial charge in [-0.15, -0.1) is 0 Å². The SMILES string of the molecule is CCn1c(C2CC2)nc2c(c1=O)CN(c1ncnn3c(C)nc([C@@H]4CCOC4)c13)CC2. The Kier molecular flexibility index (Phi) is 4.34. The minimum atomic E-state index is 0.110. The van der Waals surface area contributed by atoms with Gasteiger partial charge in [-0.25, -0.2) is 19.5 Å². The molecule has 31 heavy (non-hydrogen) atoms. The van der Waals surface area contributed by atoms with Crippen LogP contribution in [0.25, 0.3) is 5.52 Å². The lowest BCUT2D eigenvalue weighted by Gasteiger charge is -2.30. The first-order valence-electron chi connectivity index (χ1n) is 11.3. The second-order valence-electron chi connectivity index (χ2n) is 8.84. The highest BCUT2D eigenvalue weighted by atomic mass is 16.5. The predicted molar refractivity (Wildman–Crippen MR) is 115 cm³/mol. The fourth-order valence-electron chi connectivity index (χ4n) is 5.03. The first-order valence-corrected chi connectivity index (χ1v) is 11.3. The van der Waals surface area contributed by atoms with E-state index in [0.29, 0.717) is 25.6 Å². The van der Waals surface area contributed by atoms with Gasteiger partial charge in [-0.05, 0) is 33.1 Å². The van der Waals surface area contributed by atoms with E-state index < -0.39 is 0 Å². The van der Waals surface area contributed by atoms with Gasteiger partial charge in [0.1, 0.15) is 23.5 Å². The normalized spacial score (nSPS) is 21.1. The van der Waals surface area contributed by atoms with Crippen molar-refractivity contribution in [2.75, 3.05) is 24.7 Å². The molecular formula is C22H27N7O2. The Bertz CT molecular complexity index is 1220. The lowest BCUT2D eigenvalue weighted by atomic mass is 10.0. The molecular weight excluding hydrogens is 394 g/mol. The number of anilines is 1. The van der Waals surface area contributed by atoms with Gasteiger partial charge in [0, 0.05) is 38.0 Å². The fourth-order valence-corrected chi connectivity index (χ4v) is 5.03. The zero-order valence-electron chi connectivity index (χ0n) is 18.0. The number of nitrogens with zero attached hydrogens (tertiary/aromatic N) is 7. The molecule has 0 radical (unpaired) electrons. The van der Waals surface area contributed by atoms with E-state index in [0.717, 1.165) is 78.8 Å². The van der Waals surface area contributed by atoms with Crippen LogP contribution in [-0.4, -0.2) is 48.9 Å². The smallest absolute Gasteiger partial charge is 0.258 e. The molecule has 3 aromatic rings. The number of aromatic nitrogens is 6. The highest BCUT2D eigenvalue weighted by Gasteiger charge is 2.33. The summed E-state index contributed by atoms with van der Waals surface area (Å²) in [5.41, 5.74) is 3.82. The molecule has 1 atom stereocenters. The molecule has 0 aromatic carbocycles. The quantitative estimate of drug-likeness (QED) is 0.636. The molecule has 3 aromatic heterocycles. The average Bonchev–Trinajstić information content (AvgIpc) is 3.38. The highest BCUT2D eigenvalue weighted by Crippen LogP contribution is 2.39. The second kappa shape index (κ2) is 7.12. The summed E-state index contributed by atoms with van der Waals surface area (Å²) in [4.78, 5) is 30.0. The lowest BCUT2D eigenvalue weighted by molar-refractivity contribution is 0.193. The molecule has 3 aliphatic rings. The van der Waals surface area contributed by atoms with Gasteiger partial charge in [0.15, 0.2) is 5.82 Å². The van der Waals surface area contributed by atoms with E-state index in [2.05, 4.69) is 15.0 Å². The van der Waals surface area contributed by atoms with Crippen molar-refractivity contribution in [1.29, 1.82) is 0 Å². The topological polar surface area (TPSA) is 90.4 Å². The zero-order valence-corrected chi connectivity index (χ0v) is 18.0. The molecule has 9 heteroatoms. The number of imidazole rings is 1. The van der Waals surface area contributed by atoms with E-state index in [1.807, 2.05) is 22.9 Å². The van der Waals surface area contributed by atoms with Gasteiger partial charge in [-0.1, -0.05) is 0 Å². The van der Waals surface area contributed by atoms with E-state index in [4.69, 9.17) is 14.7 Å². The number of hydrogen-bond donors (Lipinski definition) is 0. The summed E-state index contributed by atoms with van der Waals surface area (Å²) in [5.74, 6) is 3.40. The van der Waals surface area contributed by atoms with Crippen LogP contribution in [0.3, 0.4) is 0 Å². The van der Waals surface area contributed by atoms with Gasteiger partial charge in [0.05, 0.1) is 30.1 Å². The average molecular weight is 422 g/mol. The van der Waals surface area contributed by atoms with Crippen LogP contribution in [0.4, 0.5) is 5.82 Å². The van der Waals surface area contributed by atoms with E-state index in [1.54, 1.807) is 6.33 Å². The molecule has 9 nitrogen and oxygen atoms in total. The third-order valence-corrected chi connectivity index (χ3v) is 6.82. The van der Waals surface area contributed by atoms with E-state index in [1.165, 1.54) is 0 Å². The van der Waals surface area contributed by atoms with Gasteiger partial charge in [0.2, 0.25) is 0 Å². The van der Waals surface area contributed by atoms with E-state index >= 15 is 0 Å². The molecule has 5 heterocycles. The van der Waals surface area contributed by atoms with Crippen LogP contribution < -0.4 is 10.5 Å². The maximum atomic E-state index is 13.3. The van der Waals surface area contributed by atoms with Gasteiger partial charge in [-0.3, -0.25) is 9.36 Å². The van der Waals surface area contributed by atoms with Crippen molar-refractivity contribution in [2.24, 2.45) is 0 Å². The Morgan fingerprint density at radius 1 is 1.19 bits per heavy atom. The standard InChI is InChI=1S/C22H27N7O2/c1-3-28-20(14-4-5-14)26-17-6-8-27(10-16(17)22(28)30)21-19-18(15-7-9-31-11-15)25-13(2)29(19)24-12-23-21/h12,14-15H,3-11H2,1-2H3/t15-/m1/s1. The molecule has 2 fully saturated rings. The van der Waals surface area contributed by atoms with Crippen molar-refractivity contribution in [3.63, 3.8) is 0 Å². The molecule has 6 rings (SSSR count). The fraction of sp³-hybridized carbons (Fsp3) is 0.591. The third-order valence-electron chi connectivity index (χ3n) is 6.82. The summed E-state index contributed by atoms with van der Waals surface area (Å²) >= 11 is 0. The molecule has 0 spiro atoms. The van der Waals surface area contributed by atoms with Crippen LogP contribution in [0.15, 0.2) is 11.1 Å². The van der Waals surface area contributed by atoms with Gasteiger partial charge in [0.25, 0.3) is 5.56 Å². The summed E-state index contributed by atoms with van der Waals surface area (Å²) in [6, 6.07) is 0. The van der Waals surface area contributed by atoms with Crippen LogP contribution in [0, 0.1) is 6.92 Å². The lowest BCUT2D eigenvalue weighted by Crippen LogP contribution is -2.39. The second-order valence-corrected chi connectivity index (χ2v) is 8.84. The predicted octanol–water partition coefficient (Wildman–Crippen LogP) is 1.95. The van der Waals surface area contributed by atoms with E-state index in [-0.39, 0.29) is 11.5 Å². The Balaban J connectivity index is 1.44. The molecule has 1 aliphatic carbocycles. The number of rotatable bonds is 4. The number of ether oxygens (including phenoxy) is 1. The molecule has 162 valence electrons. The van der Waals surface area contributed by atoms with Crippen molar-refractivity contribution in [3.8, 4) is 0 Å². The molecule has 0 bridgehead atoms. The first-order chi connectivity index (χ1) is 15.2. The summed E-state index contributed by atoms with van der Waals surface area (Å²) in [7, 11) is 0. The number of fused-ring (bicyclic) bond motifs is 2. The monoisotopic (exact) mass is 421 g/mol. The molecule has 2 aliphatic heterocycles. The Morgan fingerprint density at radius 3 is 2.81 bits per heavy atom. The van der Waals surface area contributed by atoms with Crippen LogP contribution in [0.1, 0.15) is 66.6 Å². The zero-order chi connectivity index (χ0) is 21.1.